The molecule has 0 aromatic heterocycles. The van der Waals surface area contributed by atoms with Crippen LogP contribution >= 0.6 is 31.9 Å². The topological polar surface area (TPSA) is 26.0 Å². The van der Waals surface area contributed by atoms with E-state index in [-0.39, 0.29) is 6.04 Å². The summed E-state index contributed by atoms with van der Waals surface area (Å²) in [5.74, 6) is 0. The van der Waals surface area contributed by atoms with Gasteiger partial charge in [0.05, 0.1) is 0 Å². The standard InChI is InChI=1S/C14H19Br2N/c1-2-3-4-5-6-7-14(17)12-10-11(15)8-9-13(12)16/h2,8-10,14H,1,3-7,17H2. The Labute approximate surface area is 121 Å². The van der Waals surface area contributed by atoms with Crippen LogP contribution in [0.3, 0.4) is 0 Å². The lowest BCUT2D eigenvalue weighted by atomic mass is 10.0. The monoisotopic (exact) mass is 359 g/mol. The van der Waals surface area contributed by atoms with Crippen molar-refractivity contribution in [3.05, 3.63) is 45.4 Å². The van der Waals surface area contributed by atoms with Gasteiger partial charge in [0.15, 0.2) is 0 Å². The molecule has 1 nitrogen and oxygen atoms in total. The lowest BCUT2D eigenvalue weighted by Crippen LogP contribution is -2.10. The average Bonchev–Trinajstić information content (AvgIpc) is 2.32. The first-order valence-corrected chi connectivity index (χ1v) is 7.55. The molecular formula is C14H19Br2N. The molecular weight excluding hydrogens is 342 g/mol. The molecule has 0 heterocycles. The lowest BCUT2D eigenvalue weighted by Gasteiger charge is -2.14. The minimum absolute atomic E-state index is 0.116. The van der Waals surface area contributed by atoms with E-state index in [4.69, 9.17) is 5.73 Å². The summed E-state index contributed by atoms with van der Waals surface area (Å²) >= 11 is 7.03. The van der Waals surface area contributed by atoms with E-state index >= 15 is 0 Å². The fourth-order valence-electron chi connectivity index (χ4n) is 1.78. The minimum atomic E-state index is 0.116. The number of hydrogen-bond donors (Lipinski definition) is 1. The summed E-state index contributed by atoms with van der Waals surface area (Å²) in [6, 6.07) is 6.27. The Balaban J connectivity index is 2.43. The maximum Gasteiger partial charge on any atom is 0.0306 e. The van der Waals surface area contributed by atoms with Crippen molar-refractivity contribution in [2.75, 3.05) is 0 Å². The maximum atomic E-state index is 6.21. The molecule has 0 fully saturated rings. The smallest absolute Gasteiger partial charge is 0.0306 e. The van der Waals surface area contributed by atoms with Crippen molar-refractivity contribution in [2.45, 2.75) is 38.1 Å². The van der Waals surface area contributed by atoms with E-state index in [1.54, 1.807) is 0 Å². The van der Waals surface area contributed by atoms with Crippen LogP contribution in [-0.2, 0) is 0 Å². The Hall–Kier alpha value is -0.120. The highest BCUT2D eigenvalue weighted by atomic mass is 79.9. The molecule has 1 aromatic carbocycles. The quantitative estimate of drug-likeness (QED) is 0.514. The molecule has 2 N–H and O–H groups in total. The molecule has 0 saturated carbocycles. The summed E-state index contributed by atoms with van der Waals surface area (Å²) in [6.07, 6.45) is 7.74. The Morgan fingerprint density at radius 1 is 1.24 bits per heavy atom. The number of benzene rings is 1. The van der Waals surface area contributed by atoms with Crippen molar-refractivity contribution in [2.24, 2.45) is 5.73 Å². The number of rotatable bonds is 7. The van der Waals surface area contributed by atoms with Crippen molar-refractivity contribution in [1.82, 2.24) is 0 Å². The van der Waals surface area contributed by atoms with E-state index in [2.05, 4.69) is 44.5 Å². The Kier molecular flexibility index (Phi) is 7.09. The van der Waals surface area contributed by atoms with Gasteiger partial charge >= 0.3 is 0 Å². The molecule has 1 unspecified atom stereocenters. The van der Waals surface area contributed by atoms with Crippen molar-refractivity contribution < 1.29 is 0 Å². The molecule has 0 amide bonds. The third-order valence-corrected chi connectivity index (χ3v) is 4.00. The Bertz CT molecular complexity index is 363. The SMILES string of the molecule is C=CCCCCCC(N)c1cc(Br)ccc1Br. The van der Waals surface area contributed by atoms with Gasteiger partial charge in [-0.2, -0.15) is 0 Å². The molecule has 3 heteroatoms. The Morgan fingerprint density at radius 2 is 2.00 bits per heavy atom. The fourth-order valence-corrected chi connectivity index (χ4v) is 2.70. The molecule has 1 rings (SSSR count). The molecule has 1 aromatic rings. The van der Waals surface area contributed by atoms with Crippen LogP contribution in [0.1, 0.15) is 43.7 Å². The van der Waals surface area contributed by atoms with Crippen LogP contribution in [0.5, 0.6) is 0 Å². The van der Waals surface area contributed by atoms with Crippen molar-refractivity contribution in [3.63, 3.8) is 0 Å². The zero-order valence-electron chi connectivity index (χ0n) is 9.96. The van der Waals surface area contributed by atoms with Gasteiger partial charge in [-0.1, -0.05) is 50.8 Å². The molecule has 94 valence electrons. The number of halogens is 2. The summed E-state index contributed by atoms with van der Waals surface area (Å²) < 4.78 is 2.18. The van der Waals surface area contributed by atoms with Gasteiger partial charge in [-0.25, -0.2) is 0 Å². The first-order valence-electron chi connectivity index (χ1n) is 5.96. The van der Waals surface area contributed by atoms with Gasteiger partial charge in [0, 0.05) is 15.0 Å². The molecule has 0 aliphatic rings. The van der Waals surface area contributed by atoms with Gasteiger partial charge in [0.25, 0.3) is 0 Å². The van der Waals surface area contributed by atoms with Gasteiger partial charge in [-0.3, -0.25) is 0 Å². The van der Waals surface area contributed by atoms with Gasteiger partial charge in [0.2, 0.25) is 0 Å². The number of hydrogen-bond acceptors (Lipinski definition) is 1. The van der Waals surface area contributed by atoms with E-state index in [1.165, 1.54) is 24.8 Å². The van der Waals surface area contributed by atoms with E-state index in [0.717, 1.165) is 21.8 Å². The van der Waals surface area contributed by atoms with E-state index < -0.39 is 0 Å². The predicted molar refractivity (Wildman–Crippen MR) is 82.1 cm³/mol. The van der Waals surface area contributed by atoms with Crippen LogP contribution < -0.4 is 5.73 Å². The van der Waals surface area contributed by atoms with E-state index in [1.807, 2.05) is 18.2 Å². The highest BCUT2D eigenvalue weighted by Gasteiger charge is 2.09. The molecule has 0 aliphatic carbocycles. The predicted octanol–water partition coefficient (Wildman–Crippen LogP) is 5.35. The Morgan fingerprint density at radius 3 is 2.71 bits per heavy atom. The summed E-state index contributed by atoms with van der Waals surface area (Å²) in [5.41, 5.74) is 7.39. The van der Waals surface area contributed by atoms with E-state index in [0.29, 0.717) is 0 Å². The van der Waals surface area contributed by atoms with Crippen LogP contribution in [0, 0.1) is 0 Å². The highest BCUT2D eigenvalue weighted by molar-refractivity contribution is 9.11. The molecule has 0 aliphatic heterocycles. The zero-order valence-corrected chi connectivity index (χ0v) is 13.1. The summed E-state index contributed by atoms with van der Waals surface area (Å²) in [7, 11) is 0. The molecule has 0 saturated heterocycles. The lowest BCUT2D eigenvalue weighted by molar-refractivity contribution is 0.571. The summed E-state index contributed by atoms with van der Waals surface area (Å²) in [6.45, 7) is 3.73. The van der Waals surface area contributed by atoms with Crippen molar-refractivity contribution in [3.8, 4) is 0 Å². The van der Waals surface area contributed by atoms with Gasteiger partial charge in [-0.05, 0) is 43.0 Å². The van der Waals surface area contributed by atoms with Gasteiger partial charge < -0.3 is 5.73 Å². The van der Waals surface area contributed by atoms with E-state index in [9.17, 15) is 0 Å². The molecule has 17 heavy (non-hydrogen) atoms. The molecule has 0 spiro atoms. The fraction of sp³-hybridized carbons (Fsp3) is 0.429. The second kappa shape index (κ2) is 8.06. The van der Waals surface area contributed by atoms with Crippen LogP contribution in [0.4, 0.5) is 0 Å². The molecule has 1 atom stereocenters. The third-order valence-electron chi connectivity index (χ3n) is 2.78. The van der Waals surface area contributed by atoms with Crippen molar-refractivity contribution in [1.29, 1.82) is 0 Å². The number of unbranched alkanes of at least 4 members (excludes halogenated alkanes) is 3. The zero-order chi connectivity index (χ0) is 12.7. The third kappa shape index (κ3) is 5.36. The van der Waals surface area contributed by atoms with Crippen LogP contribution in [0.15, 0.2) is 39.8 Å². The van der Waals surface area contributed by atoms with Crippen molar-refractivity contribution >= 4 is 31.9 Å². The van der Waals surface area contributed by atoms with Crippen LogP contribution in [0.25, 0.3) is 0 Å². The minimum Gasteiger partial charge on any atom is -0.324 e. The summed E-state index contributed by atoms with van der Waals surface area (Å²) in [5, 5.41) is 0. The largest absolute Gasteiger partial charge is 0.324 e. The number of nitrogens with two attached hydrogens (primary N) is 1. The molecule has 0 radical (unpaired) electrons. The molecule has 0 bridgehead atoms. The van der Waals surface area contributed by atoms with Crippen LogP contribution in [0.2, 0.25) is 0 Å². The second-order valence-electron chi connectivity index (χ2n) is 4.20. The second-order valence-corrected chi connectivity index (χ2v) is 5.97. The van der Waals surface area contributed by atoms with Gasteiger partial charge in [0.1, 0.15) is 0 Å². The number of allylic oxidation sites excluding steroid dienone is 1. The summed E-state index contributed by atoms with van der Waals surface area (Å²) in [4.78, 5) is 0. The first kappa shape index (κ1) is 14.9. The average molecular weight is 361 g/mol. The maximum absolute atomic E-state index is 6.21. The van der Waals surface area contributed by atoms with Crippen LogP contribution in [-0.4, -0.2) is 0 Å². The first-order chi connectivity index (χ1) is 8.15. The highest BCUT2D eigenvalue weighted by Crippen LogP contribution is 2.28. The van der Waals surface area contributed by atoms with Gasteiger partial charge in [-0.15, -0.1) is 6.58 Å². The normalized spacial score (nSPS) is 12.4.